The van der Waals surface area contributed by atoms with Crippen LogP contribution in [0.1, 0.15) is 36.8 Å². The first-order valence-corrected chi connectivity index (χ1v) is 7.48. The Morgan fingerprint density at radius 2 is 1.90 bits per heavy atom. The molecular formula is C16H24N2O3. The Hall–Kier alpha value is -1.59. The van der Waals surface area contributed by atoms with E-state index < -0.39 is 6.10 Å². The summed E-state index contributed by atoms with van der Waals surface area (Å²) in [5.74, 6) is 0. The van der Waals surface area contributed by atoms with E-state index in [1.54, 1.807) is 7.11 Å². The van der Waals surface area contributed by atoms with Gasteiger partial charge in [-0.15, -0.1) is 0 Å². The maximum Gasteiger partial charge on any atom is 0.315 e. The molecule has 5 nitrogen and oxygen atoms in total. The van der Waals surface area contributed by atoms with E-state index in [2.05, 4.69) is 10.6 Å². The van der Waals surface area contributed by atoms with E-state index in [-0.39, 0.29) is 12.1 Å². The molecule has 5 heteroatoms. The molecule has 0 bridgehead atoms. The fourth-order valence-corrected chi connectivity index (χ4v) is 2.60. The zero-order valence-electron chi connectivity index (χ0n) is 12.5. The zero-order valence-corrected chi connectivity index (χ0v) is 12.5. The number of hydrogen-bond donors (Lipinski definition) is 3. The van der Waals surface area contributed by atoms with E-state index in [4.69, 9.17) is 4.74 Å². The molecule has 1 fully saturated rings. The maximum atomic E-state index is 11.8. The minimum Gasteiger partial charge on any atom is -0.391 e. The van der Waals surface area contributed by atoms with Gasteiger partial charge >= 0.3 is 6.03 Å². The third-order valence-corrected chi connectivity index (χ3v) is 3.83. The van der Waals surface area contributed by atoms with Gasteiger partial charge in [0.1, 0.15) is 0 Å². The summed E-state index contributed by atoms with van der Waals surface area (Å²) in [5.41, 5.74) is 2.14. The highest BCUT2D eigenvalue weighted by molar-refractivity contribution is 5.74. The Labute approximate surface area is 125 Å². The lowest BCUT2D eigenvalue weighted by molar-refractivity contribution is 0.0943. The normalized spacial score (nSPS) is 21.8. The molecule has 2 atom stereocenters. The van der Waals surface area contributed by atoms with Gasteiger partial charge in [-0.1, -0.05) is 37.1 Å². The first kappa shape index (κ1) is 15.8. The van der Waals surface area contributed by atoms with Crippen molar-refractivity contribution in [3.05, 3.63) is 35.4 Å². The summed E-state index contributed by atoms with van der Waals surface area (Å²) >= 11 is 0. The lowest BCUT2D eigenvalue weighted by atomic mass is 9.93. The van der Waals surface area contributed by atoms with Gasteiger partial charge in [0.15, 0.2) is 0 Å². The fraction of sp³-hybridized carbons (Fsp3) is 0.562. The van der Waals surface area contributed by atoms with Gasteiger partial charge in [0.2, 0.25) is 0 Å². The Morgan fingerprint density at radius 1 is 1.24 bits per heavy atom. The summed E-state index contributed by atoms with van der Waals surface area (Å²) in [6.07, 6.45) is 3.29. The van der Waals surface area contributed by atoms with Crippen LogP contribution in [0, 0.1) is 0 Å². The van der Waals surface area contributed by atoms with Crippen molar-refractivity contribution in [1.82, 2.24) is 10.6 Å². The molecule has 0 aromatic heterocycles. The molecule has 2 unspecified atom stereocenters. The standard InChI is InChI=1S/C16H24N2O3/c1-21-11-13-8-6-12(7-9-13)10-17-16(20)18-14-4-2-3-5-15(14)19/h6-9,14-15,19H,2-5,10-11H2,1H3,(H2,17,18,20). The lowest BCUT2D eigenvalue weighted by Crippen LogP contribution is -2.48. The maximum absolute atomic E-state index is 11.8. The van der Waals surface area contributed by atoms with Crippen molar-refractivity contribution in [2.75, 3.05) is 7.11 Å². The first-order valence-electron chi connectivity index (χ1n) is 7.48. The predicted molar refractivity (Wildman–Crippen MR) is 80.8 cm³/mol. The first-order chi connectivity index (χ1) is 10.2. The average Bonchev–Trinajstić information content (AvgIpc) is 2.49. The number of nitrogens with one attached hydrogen (secondary N) is 2. The van der Waals surface area contributed by atoms with Crippen LogP contribution >= 0.6 is 0 Å². The zero-order chi connectivity index (χ0) is 15.1. The van der Waals surface area contributed by atoms with E-state index in [0.717, 1.165) is 36.8 Å². The topological polar surface area (TPSA) is 70.6 Å². The number of hydrogen-bond acceptors (Lipinski definition) is 3. The van der Waals surface area contributed by atoms with Crippen LogP contribution in [0.5, 0.6) is 0 Å². The second kappa shape index (κ2) is 8.00. The number of carbonyl (C=O) groups excluding carboxylic acids is 1. The summed E-state index contributed by atoms with van der Waals surface area (Å²) in [6.45, 7) is 1.07. The van der Waals surface area contributed by atoms with Crippen LogP contribution in [-0.2, 0) is 17.9 Å². The van der Waals surface area contributed by atoms with Crippen molar-refractivity contribution in [3.8, 4) is 0 Å². The Kier molecular flexibility index (Phi) is 6.02. The Bertz CT molecular complexity index is 447. The highest BCUT2D eigenvalue weighted by Crippen LogP contribution is 2.18. The van der Waals surface area contributed by atoms with Crippen molar-refractivity contribution in [3.63, 3.8) is 0 Å². The molecule has 1 aliphatic carbocycles. The number of benzene rings is 1. The van der Waals surface area contributed by atoms with Crippen LogP contribution in [0.25, 0.3) is 0 Å². The molecule has 0 saturated heterocycles. The van der Waals surface area contributed by atoms with Crippen LogP contribution in [0.15, 0.2) is 24.3 Å². The lowest BCUT2D eigenvalue weighted by Gasteiger charge is -2.28. The monoisotopic (exact) mass is 292 g/mol. The second-order valence-corrected chi connectivity index (χ2v) is 5.53. The molecule has 116 valence electrons. The van der Waals surface area contributed by atoms with Crippen molar-refractivity contribution in [2.45, 2.75) is 51.0 Å². The molecule has 1 aliphatic rings. The Balaban J connectivity index is 1.75. The second-order valence-electron chi connectivity index (χ2n) is 5.53. The molecule has 1 aromatic carbocycles. The number of carbonyl (C=O) groups is 1. The van der Waals surface area contributed by atoms with Crippen molar-refractivity contribution < 1.29 is 14.6 Å². The minimum absolute atomic E-state index is 0.122. The summed E-state index contributed by atoms with van der Waals surface area (Å²) in [5, 5.41) is 15.5. The molecule has 1 aromatic rings. The van der Waals surface area contributed by atoms with E-state index in [9.17, 15) is 9.90 Å². The smallest absolute Gasteiger partial charge is 0.315 e. The van der Waals surface area contributed by atoms with Gasteiger partial charge in [0.05, 0.1) is 18.8 Å². The number of urea groups is 1. The van der Waals surface area contributed by atoms with Crippen LogP contribution in [0.3, 0.4) is 0 Å². The molecular weight excluding hydrogens is 268 g/mol. The number of rotatable bonds is 5. The largest absolute Gasteiger partial charge is 0.391 e. The van der Waals surface area contributed by atoms with E-state index in [1.165, 1.54) is 0 Å². The number of amides is 2. The molecule has 3 N–H and O–H groups in total. The van der Waals surface area contributed by atoms with Gasteiger partial charge in [-0.2, -0.15) is 0 Å². The highest BCUT2D eigenvalue weighted by atomic mass is 16.5. The molecule has 0 aliphatic heterocycles. The quantitative estimate of drug-likeness (QED) is 0.776. The minimum atomic E-state index is -0.419. The fourth-order valence-electron chi connectivity index (χ4n) is 2.60. The number of ether oxygens (including phenoxy) is 1. The van der Waals surface area contributed by atoms with Crippen LogP contribution in [0.4, 0.5) is 4.79 Å². The van der Waals surface area contributed by atoms with Gasteiger partial charge in [0.25, 0.3) is 0 Å². The summed E-state index contributed by atoms with van der Waals surface area (Å²) in [6, 6.07) is 7.59. The number of methoxy groups -OCH3 is 1. The molecule has 0 heterocycles. The van der Waals surface area contributed by atoms with Gasteiger partial charge in [-0.05, 0) is 24.0 Å². The van der Waals surface area contributed by atoms with Gasteiger partial charge in [-0.25, -0.2) is 4.79 Å². The molecule has 2 rings (SSSR count). The molecule has 0 radical (unpaired) electrons. The van der Waals surface area contributed by atoms with Crippen LogP contribution in [0.2, 0.25) is 0 Å². The van der Waals surface area contributed by atoms with Crippen molar-refractivity contribution >= 4 is 6.03 Å². The van der Waals surface area contributed by atoms with E-state index in [0.29, 0.717) is 13.2 Å². The summed E-state index contributed by atoms with van der Waals surface area (Å²) in [4.78, 5) is 11.8. The van der Waals surface area contributed by atoms with E-state index >= 15 is 0 Å². The van der Waals surface area contributed by atoms with E-state index in [1.807, 2.05) is 24.3 Å². The summed E-state index contributed by atoms with van der Waals surface area (Å²) in [7, 11) is 1.67. The average molecular weight is 292 g/mol. The van der Waals surface area contributed by atoms with Crippen molar-refractivity contribution in [2.24, 2.45) is 0 Å². The third kappa shape index (κ3) is 5.02. The summed E-state index contributed by atoms with van der Waals surface area (Å²) < 4.78 is 5.06. The highest BCUT2D eigenvalue weighted by Gasteiger charge is 2.24. The van der Waals surface area contributed by atoms with Crippen LogP contribution in [-0.4, -0.2) is 30.4 Å². The van der Waals surface area contributed by atoms with Crippen molar-refractivity contribution in [1.29, 1.82) is 0 Å². The predicted octanol–water partition coefficient (Wildman–Crippen LogP) is 1.94. The van der Waals surface area contributed by atoms with Gasteiger partial charge < -0.3 is 20.5 Å². The third-order valence-electron chi connectivity index (χ3n) is 3.83. The number of aliphatic hydroxyl groups excluding tert-OH is 1. The van der Waals surface area contributed by atoms with Gasteiger partial charge in [0, 0.05) is 13.7 Å². The molecule has 21 heavy (non-hydrogen) atoms. The van der Waals surface area contributed by atoms with Crippen LogP contribution < -0.4 is 10.6 Å². The molecule has 2 amide bonds. The SMILES string of the molecule is COCc1ccc(CNC(=O)NC2CCCCC2O)cc1. The number of aliphatic hydroxyl groups is 1. The molecule has 0 spiro atoms. The molecule has 1 saturated carbocycles. The van der Waals surface area contributed by atoms with Gasteiger partial charge in [-0.3, -0.25) is 0 Å². The Morgan fingerprint density at radius 3 is 2.57 bits per heavy atom.